The zero-order valence-corrected chi connectivity index (χ0v) is 19.8. The van der Waals surface area contributed by atoms with E-state index in [0.29, 0.717) is 0 Å². The van der Waals surface area contributed by atoms with Gasteiger partial charge in [-0.25, -0.2) is 13.2 Å². The summed E-state index contributed by atoms with van der Waals surface area (Å²) in [5, 5.41) is 2.74. The summed E-state index contributed by atoms with van der Waals surface area (Å²) in [6.07, 6.45) is 0. The van der Waals surface area contributed by atoms with Crippen LogP contribution in [0.5, 0.6) is 5.75 Å². The molecule has 2 aromatic carbocycles. The number of sulfonamides is 1. The number of hydrogen-bond acceptors (Lipinski definition) is 6. The fourth-order valence-corrected chi connectivity index (χ4v) is 4.11. The predicted molar refractivity (Wildman–Crippen MR) is 121 cm³/mol. The highest BCUT2D eigenvalue weighted by molar-refractivity contribution is 7.89. The lowest BCUT2D eigenvalue weighted by Crippen LogP contribution is -2.38. The maximum atomic E-state index is 13.2. The average Bonchev–Trinajstić information content (AvgIpc) is 2.77. The molecular formula is C23H30N2O6S. The molecule has 1 atom stereocenters. The fraction of sp³-hybridized carbons (Fsp3) is 0.391. The van der Waals surface area contributed by atoms with E-state index in [1.54, 1.807) is 0 Å². The van der Waals surface area contributed by atoms with Crippen molar-refractivity contribution in [3.63, 3.8) is 0 Å². The molecule has 0 aliphatic rings. The monoisotopic (exact) mass is 462 g/mol. The molecule has 0 saturated heterocycles. The molecule has 0 unspecified atom stereocenters. The highest BCUT2D eigenvalue weighted by atomic mass is 32.2. The fourth-order valence-electron chi connectivity index (χ4n) is 2.78. The Hall–Kier alpha value is -2.91. The quantitative estimate of drug-likeness (QED) is 0.545. The first kappa shape index (κ1) is 25.4. The highest BCUT2D eigenvalue weighted by Gasteiger charge is 2.27. The Kier molecular flexibility index (Phi) is 8.80. The van der Waals surface area contributed by atoms with E-state index >= 15 is 0 Å². The Balaban J connectivity index is 2.18. The summed E-state index contributed by atoms with van der Waals surface area (Å²) in [6.45, 7) is 5.47. The van der Waals surface area contributed by atoms with E-state index in [2.05, 4.69) is 5.32 Å². The third-order valence-corrected chi connectivity index (χ3v) is 6.88. The van der Waals surface area contributed by atoms with Crippen molar-refractivity contribution in [2.75, 3.05) is 20.8 Å². The van der Waals surface area contributed by atoms with Crippen LogP contribution < -0.4 is 10.1 Å². The minimum absolute atomic E-state index is 0.00203. The molecule has 174 valence electrons. The van der Waals surface area contributed by atoms with Crippen molar-refractivity contribution < 1.29 is 27.5 Å². The lowest BCUT2D eigenvalue weighted by atomic mass is 10.1. The molecule has 0 aliphatic carbocycles. The van der Waals surface area contributed by atoms with Crippen molar-refractivity contribution in [3.8, 4) is 5.75 Å². The number of nitrogens with zero attached hydrogens (tertiary/aromatic N) is 1. The molecule has 2 rings (SSSR count). The SMILES string of the molecule is COc1ccc(C(=O)OCC(=O)N[C@@H](C)C(C)C)cc1S(=O)(=O)N(C)Cc1ccccc1. The average molecular weight is 463 g/mol. The molecular weight excluding hydrogens is 432 g/mol. The number of ether oxygens (including phenoxy) is 2. The molecule has 0 heterocycles. The van der Waals surface area contributed by atoms with Crippen LogP contribution in [0.25, 0.3) is 0 Å². The number of esters is 1. The van der Waals surface area contributed by atoms with Crippen LogP contribution in [0.2, 0.25) is 0 Å². The third kappa shape index (κ3) is 6.54. The molecule has 1 N–H and O–H groups in total. The summed E-state index contributed by atoms with van der Waals surface area (Å²) >= 11 is 0. The second kappa shape index (κ2) is 11.1. The summed E-state index contributed by atoms with van der Waals surface area (Å²) in [4.78, 5) is 24.3. The van der Waals surface area contributed by atoms with Crippen LogP contribution in [-0.2, 0) is 26.1 Å². The number of carbonyl (C=O) groups is 2. The van der Waals surface area contributed by atoms with Crippen LogP contribution in [0.4, 0.5) is 0 Å². The molecule has 8 nitrogen and oxygen atoms in total. The maximum absolute atomic E-state index is 13.2. The Bertz CT molecular complexity index is 1040. The predicted octanol–water partition coefficient (Wildman–Crippen LogP) is 2.83. The second-order valence-corrected chi connectivity index (χ2v) is 9.80. The first-order valence-corrected chi connectivity index (χ1v) is 11.6. The zero-order chi connectivity index (χ0) is 23.9. The van der Waals surface area contributed by atoms with Crippen molar-refractivity contribution in [2.45, 2.75) is 38.3 Å². The van der Waals surface area contributed by atoms with Gasteiger partial charge in [-0.15, -0.1) is 0 Å². The number of benzene rings is 2. The Morgan fingerprint density at radius 3 is 2.31 bits per heavy atom. The first-order chi connectivity index (χ1) is 15.1. The summed E-state index contributed by atoms with van der Waals surface area (Å²) in [6, 6.07) is 13.1. The van der Waals surface area contributed by atoms with E-state index < -0.39 is 28.5 Å². The lowest BCUT2D eigenvalue weighted by molar-refractivity contribution is -0.125. The molecule has 1 amide bonds. The van der Waals surface area contributed by atoms with Crippen LogP contribution in [-0.4, -0.2) is 51.4 Å². The molecule has 0 spiro atoms. The van der Waals surface area contributed by atoms with Gasteiger partial charge in [0.1, 0.15) is 10.6 Å². The van der Waals surface area contributed by atoms with Gasteiger partial charge < -0.3 is 14.8 Å². The molecule has 0 fully saturated rings. The Labute approximate surface area is 189 Å². The van der Waals surface area contributed by atoms with Gasteiger partial charge in [0.25, 0.3) is 5.91 Å². The smallest absolute Gasteiger partial charge is 0.338 e. The summed E-state index contributed by atoms with van der Waals surface area (Å²) in [7, 11) is -1.17. The van der Waals surface area contributed by atoms with Crippen molar-refractivity contribution in [1.29, 1.82) is 0 Å². The second-order valence-electron chi connectivity index (χ2n) is 7.79. The minimum atomic E-state index is -3.97. The van der Waals surface area contributed by atoms with Crippen LogP contribution in [0.1, 0.15) is 36.7 Å². The summed E-state index contributed by atoms with van der Waals surface area (Å²) in [5.74, 6) is -0.896. The number of amides is 1. The molecule has 2 aromatic rings. The van der Waals surface area contributed by atoms with Gasteiger partial charge >= 0.3 is 5.97 Å². The van der Waals surface area contributed by atoms with E-state index in [1.807, 2.05) is 51.1 Å². The van der Waals surface area contributed by atoms with Crippen LogP contribution >= 0.6 is 0 Å². The van der Waals surface area contributed by atoms with Gasteiger partial charge in [0, 0.05) is 19.6 Å². The molecule has 32 heavy (non-hydrogen) atoms. The summed E-state index contributed by atoms with van der Waals surface area (Å²) in [5.41, 5.74) is 0.817. The van der Waals surface area contributed by atoms with Crippen molar-refractivity contribution in [2.24, 2.45) is 5.92 Å². The highest BCUT2D eigenvalue weighted by Crippen LogP contribution is 2.28. The van der Waals surface area contributed by atoms with Gasteiger partial charge in [-0.3, -0.25) is 4.79 Å². The topological polar surface area (TPSA) is 102 Å². The maximum Gasteiger partial charge on any atom is 0.338 e. The number of carbonyl (C=O) groups excluding carboxylic acids is 2. The lowest BCUT2D eigenvalue weighted by Gasteiger charge is -2.19. The largest absolute Gasteiger partial charge is 0.495 e. The molecule has 0 saturated carbocycles. The van der Waals surface area contributed by atoms with E-state index in [1.165, 1.54) is 36.7 Å². The van der Waals surface area contributed by atoms with E-state index in [9.17, 15) is 18.0 Å². The van der Waals surface area contributed by atoms with Crippen molar-refractivity contribution in [3.05, 3.63) is 59.7 Å². The van der Waals surface area contributed by atoms with Gasteiger partial charge in [0.15, 0.2) is 6.61 Å². The van der Waals surface area contributed by atoms with Crippen molar-refractivity contribution in [1.82, 2.24) is 9.62 Å². The van der Waals surface area contributed by atoms with Crippen LogP contribution in [0.15, 0.2) is 53.4 Å². The van der Waals surface area contributed by atoms with Gasteiger partial charge in [-0.1, -0.05) is 44.2 Å². The molecule has 0 aliphatic heterocycles. The zero-order valence-electron chi connectivity index (χ0n) is 19.0. The Morgan fingerprint density at radius 1 is 1.06 bits per heavy atom. The van der Waals surface area contributed by atoms with Gasteiger partial charge in [-0.05, 0) is 36.6 Å². The molecule has 9 heteroatoms. The van der Waals surface area contributed by atoms with Gasteiger partial charge in [0.2, 0.25) is 10.0 Å². The normalized spacial score (nSPS) is 12.5. The number of nitrogens with one attached hydrogen (secondary N) is 1. The molecule has 0 bridgehead atoms. The Morgan fingerprint density at radius 2 is 1.72 bits per heavy atom. The van der Waals surface area contributed by atoms with Crippen LogP contribution in [0, 0.1) is 5.92 Å². The molecule has 0 radical (unpaired) electrons. The summed E-state index contributed by atoms with van der Waals surface area (Å²) < 4.78 is 37.8. The van der Waals surface area contributed by atoms with E-state index in [-0.39, 0.29) is 34.7 Å². The van der Waals surface area contributed by atoms with Crippen LogP contribution in [0.3, 0.4) is 0 Å². The van der Waals surface area contributed by atoms with E-state index in [4.69, 9.17) is 9.47 Å². The number of methoxy groups -OCH3 is 1. The standard InChI is InChI=1S/C23H30N2O6S/c1-16(2)17(3)24-22(26)15-31-23(27)19-11-12-20(30-5)21(13-19)32(28,29)25(4)14-18-9-7-6-8-10-18/h6-13,16-17H,14-15H2,1-5H3,(H,24,26)/t17-/m0/s1. The van der Waals surface area contributed by atoms with Gasteiger partial charge in [0.05, 0.1) is 12.7 Å². The van der Waals surface area contributed by atoms with Gasteiger partial charge in [-0.2, -0.15) is 4.31 Å². The number of rotatable bonds is 10. The van der Waals surface area contributed by atoms with Crippen molar-refractivity contribution >= 4 is 21.9 Å². The first-order valence-electron chi connectivity index (χ1n) is 10.2. The van der Waals surface area contributed by atoms with E-state index in [0.717, 1.165) is 5.56 Å². The molecule has 0 aromatic heterocycles. The third-order valence-electron chi connectivity index (χ3n) is 5.06. The minimum Gasteiger partial charge on any atom is -0.495 e. The number of hydrogen-bond donors (Lipinski definition) is 1.